The lowest BCUT2D eigenvalue weighted by molar-refractivity contribution is -0.122. The number of nitrogens with one attached hydrogen (secondary N) is 1. The Morgan fingerprint density at radius 1 is 1.39 bits per heavy atom. The zero-order chi connectivity index (χ0) is 16.2. The van der Waals surface area contributed by atoms with Crippen molar-refractivity contribution in [3.05, 3.63) is 21.4 Å². The normalized spacial score (nSPS) is 17.6. The van der Waals surface area contributed by atoms with Crippen molar-refractivity contribution in [3.63, 3.8) is 0 Å². The van der Waals surface area contributed by atoms with Gasteiger partial charge in [-0.05, 0) is 43.5 Å². The van der Waals surface area contributed by atoms with Crippen molar-refractivity contribution in [1.29, 1.82) is 0 Å². The minimum atomic E-state index is -0.225. The van der Waals surface area contributed by atoms with Crippen LogP contribution < -0.4 is 5.32 Å². The molecule has 1 amide bonds. The van der Waals surface area contributed by atoms with Crippen LogP contribution in [0.15, 0.2) is 0 Å². The van der Waals surface area contributed by atoms with Gasteiger partial charge in [0.2, 0.25) is 5.91 Å². The molecule has 0 unspecified atom stereocenters. The Balaban J connectivity index is 1.50. The van der Waals surface area contributed by atoms with Crippen LogP contribution in [0.5, 0.6) is 0 Å². The third kappa shape index (κ3) is 3.74. The number of rotatable bonds is 5. The summed E-state index contributed by atoms with van der Waals surface area (Å²) in [6.07, 6.45) is 4.65. The van der Waals surface area contributed by atoms with Gasteiger partial charge in [0, 0.05) is 24.4 Å². The fourth-order valence-electron chi connectivity index (χ4n) is 2.83. The number of amides is 1. The molecule has 0 aromatic carbocycles. The molecule has 0 fully saturated rings. The van der Waals surface area contributed by atoms with E-state index in [9.17, 15) is 4.79 Å². The highest BCUT2D eigenvalue weighted by molar-refractivity contribution is 7.11. The first kappa shape index (κ1) is 16.0. The van der Waals surface area contributed by atoms with Gasteiger partial charge in [0.25, 0.3) is 0 Å². The molecule has 0 radical (unpaired) electrons. The molecule has 1 aliphatic heterocycles. The summed E-state index contributed by atoms with van der Waals surface area (Å²) in [7, 11) is 0. The van der Waals surface area contributed by atoms with E-state index in [1.54, 1.807) is 16.0 Å². The van der Waals surface area contributed by atoms with Crippen LogP contribution in [0.2, 0.25) is 0 Å². The molecular weight excluding hydrogens is 312 g/mol. The van der Waals surface area contributed by atoms with Crippen LogP contribution >= 0.6 is 11.3 Å². The number of carbonyl (C=O) groups excluding carboxylic acids is 1. The lowest BCUT2D eigenvalue weighted by Crippen LogP contribution is -2.31. The minimum Gasteiger partial charge on any atom is -0.355 e. The topological polar surface area (TPSA) is 85.6 Å². The molecule has 0 aliphatic carbocycles. The van der Waals surface area contributed by atoms with Crippen LogP contribution in [0.25, 0.3) is 0 Å². The van der Waals surface area contributed by atoms with Gasteiger partial charge in [-0.15, -0.1) is 16.4 Å². The number of carbonyl (C=O) groups is 1. The van der Waals surface area contributed by atoms with Gasteiger partial charge in [0.1, 0.15) is 0 Å². The smallest absolute Gasteiger partial charge is 0.230 e. The molecule has 23 heavy (non-hydrogen) atoms. The zero-order valence-corrected chi connectivity index (χ0v) is 14.4. The SMILES string of the molecule is Cc1nc(CCCNC(=O)[C@@H]2CCCCn3nnnc32)sc1C. The van der Waals surface area contributed by atoms with Crippen molar-refractivity contribution >= 4 is 17.2 Å². The molecular formula is C15H22N6OS. The van der Waals surface area contributed by atoms with E-state index in [-0.39, 0.29) is 11.8 Å². The lowest BCUT2D eigenvalue weighted by atomic mass is 10.0. The van der Waals surface area contributed by atoms with E-state index < -0.39 is 0 Å². The molecule has 1 aliphatic rings. The molecule has 0 spiro atoms. The summed E-state index contributed by atoms with van der Waals surface area (Å²) in [6, 6.07) is 0. The van der Waals surface area contributed by atoms with Crippen molar-refractivity contribution in [1.82, 2.24) is 30.5 Å². The summed E-state index contributed by atoms with van der Waals surface area (Å²) in [5.41, 5.74) is 1.11. The van der Waals surface area contributed by atoms with Crippen LogP contribution in [0.4, 0.5) is 0 Å². The summed E-state index contributed by atoms with van der Waals surface area (Å²) < 4.78 is 1.76. The van der Waals surface area contributed by atoms with E-state index in [2.05, 4.69) is 32.7 Å². The Labute approximate surface area is 139 Å². The summed E-state index contributed by atoms with van der Waals surface area (Å²) in [5, 5.41) is 15.9. The Morgan fingerprint density at radius 2 is 2.26 bits per heavy atom. The first-order valence-corrected chi connectivity index (χ1v) is 8.93. The average Bonchev–Trinajstić information content (AvgIpc) is 3.05. The highest BCUT2D eigenvalue weighted by atomic mass is 32.1. The van der Waals surface area contributed by atoms with Gasteiger partial charge in [0.15, 0.2) is 5.82 Å². The molecule has 0 saturated heterocycles. The zero-order valence-electron chi connectivity index (χ0n) is 13.6. The van der Waals surface area contributed by atoms with E-state index in [1.165, 1.54) is 4.88 Å². The Hall–Kier alpha value is -1.83. The molecule has 2 aromatic rings. The van der Waals surface area contributed by atoms with Gasteiger partial charge in [-0.1, -0.05) is 6.42 Å². The Morgan fingerprint density at radius 3 is 3.04 bits per heavy atom. The number of aryl methyl sites for hydroxylation is 4. The van der Waals surface area contributed by atoms with Crippen molar-refractivity contribution in [2.24, 2.45) is 0 Å². The van der Waals surface area contributed by atoms with Gasteiger partial charge in [-0.2, -0.15) is 0 Å². The van der Waals surface area contributed by atoms with Crippen LogP contribution in [-0.4, -0.2) is 37.6 Å². The molecule has 1 atom stereocenters. The van der Waals surface area contributed by atoms with Crippen molar-refractivity contribution in [2.45, 2.75) is 58.4 Å². The average molecular weight is 334 g/mol. The molecule has 3 rings (SSSR count). The number of thiazole rings is 1. The second kappa shape index (κ2) is 7.16. The quantitative estimate of drug-likeness (QED) is 0.842. The van der Waals surface area contributed by atoms with Crippen molar-refractivity contribution in [2.75, 3.05) is 6.54 Å². The number of fused-ring (bicyclic) bond motifs is 1. The molecule has 2 aromatic heterocycles. The third-order valence-corrected chi connectivity index (χ3v) is 5.37. The van der Waals surface area contributed by atoms with Crippen molar-refractivity contribution < 1.29 is 4.79 Å². The maximum atomic E-state index is 12.4. The van der Waals surface area contributed by atoms with Gasteiger partial charge < -0.3 is 5.32 Å². The minimum absolute atomic E-state index is 0.0365. The number of hydrogen-bond donors (Lipinski definition) is 1. The molecule has 124 valence electrons. The van der Waals surface area contributed by atoms with Crippen molar-refractivity contribution in [3.8, 4) is 0 Å². The molecule has 7 nitrogen and oxygen atoms in total. The van der Waals surface area contributed by atoms with E-state index in [1.807, 2.05) is 6.92 Å². The fraction of sp³-hybridized carbons (Fsp3) is 0.667. The second-order valence-corrected chi connectivity index (χ2v) is 7.24. The third-order valence-electron chi connectivity index (χ3n) is 4.24. The maximum Gasteiger partial charge on any atom is 0.230 e. The fourth-order valence-corrected chi connectivity index (χ4v) is 3.80. The Bertz CT molecular complexity index is 660. The Kier molecular flexibility index (Phi) is 5.00. The summed E-state index contributed by atoms with van der Waals surface area (Å²) in [4.78, 5) is 18.2. The highest BCUT2D eigenvalue weighted by Crippen LogP contribution is 2.24. The van der Waals surface area contributed by atoms with Crippen LogP contribution in [0.3, 0.4) is 0 Å². The predicted octanol–water partition coefficient (Wildman–Crippen LogP) is 1.76. The van der Waals surface area contributed by atoms with E-state index in [4.69, 9.17) is 0 Å². The van der Waals surface area contributed by atoms with Crippen LogP contribution in [0, 0.1) is 13.8 Å². The molecule has 3 heterocycles. The van der Waals surface area contributed by atoms with Crippen LogP contribution in [-0.2, 0) is 17.8 Å². The number of nitrogens with zero attached hydrogens (tertiary/aromatic N) is 5. The van der Waals surface area contributed by atoms with Gasteiger partial charge >= 0.3 is 0 Å². The first-order chi connectivity index (χ1) is 11.1. The predicted molar refractivity (Wildman–Crippen MR) is 87.3 cm³/mol. The molecule has 0 saturated carbocycles. The lowest BCUT2D eigenvalue weighted by Gasteiger charge is -2.13. The summed E-state index contributed by atoms with van der Waals surface area (Å²) in [6.45, 7) is 5.59. The van der Waals surface area contributed by atoms with Gasteiger partial charge in [-0.25, -0.2) is 9.67 Å². The van der Waals surface area contributed by atoms with Gasteiger partial charge in [-0.3, -0.25) is 4.79 Å². The van der Waals surface area contributed by atoms with E-state index in [0.29, 0.717) is 12.4 Å². The largest absolute Gasteiger partial charge is 0.355 e. The number of hydrogen-bond acceptors (Lipinski definition) is 6. The van der Waals surface area contributed by atoms with E-state index >= 15 is 0 Å². The second-order valence-electron chi connectivity index (χ2n) is 5.95. The monoisotopic (exact) mass is 334 g/mol. The number of tetrazole rings is 1. The summed E-state index contributed by atoms with van der Waals surface area (Å²) in [5.74, 6) is 0.512. The van der Waals surface area contributed by atoms with E-state index in [0.717, 1.165) is 49.4 Å². The maximum absolute atomic E-state index is 12.4. The van der Waals surface area contributed by atoms with Crippen LogP contribution in [0.1, 0.15) is 53.0 Å². The van der Waals surface area contributed by atoms with Gasteiger partial charge in [0.05, 0.1) is 16.6 Å². The molecule has 0 bridgehead atoms. The first-order valence-electron chi connectivity index (χ1n) is 8.12. The highest BCUT2D eigenvalue weighted by Gasteiger charge is 2.28. The number of aromatic nitrogens is 5. The molecule has 1 N–H and O–H groups in total. The summed E-state index contributed by atoms with van der Waals surface area (Å²) >= 11 is 1.74. The standard InChI is InChI=1S/C15H22N6OS/c1-10-11(2)23-13(17-10)7-5-8-16-15(22)12-6-3-4-9-21-14(12)18-19-20-21/h12H,3-9H2,1-2H3,(H,16,22)/t12-/m1/s1. The molecule has 8 heteroatoms.